The molecule has 2 fully saturated rings. The molecule has 0 saturated carbocycles. The van der Waals surface area contributed by atoms with Gasteiger partial charge in [0, 0.05) is 19.6 Å². The van der Waals surface area contributed by atoms with Crippen molar-refractivity contribution in [3.8, 4) is 0 Å². The van der Waals surface area contributed by atoms with E-state index < -0.39 is 9.84 Å². The summed E-state index contributed by atoms with van der Waals surface area (Å²) in [7, 11) is -1.25. The van der Waals surface area contributed by atoms with Crippen LogP contribution >= 0.6 is 0 Å². The van der Waals surface area contributed by atoms with Gasteiger partial charge in [0.15, 0.2) is 15.7 Å². The van der Waals surface area contributed by atoms with Crippen LogP contribution in [0.4, 0.5) is 0 Å². The Labute approximate surface area is 111 Å². The van der Waals surface area contributed by atoms with Gasteiger partial charge in [-0.1, -0.05) is 5.16 Å². The first-order valence-electron chi connectivity index (χ1n) is 6.37. The highest BCUT2D eigenvalue weighted by Gasteiger charge is 2.34. The molecule has 0 aliphatic carbocycles. The fraction of sp³-hybridized carbons (Fsp3) is 0.818. The van der Waals surface area contributed by atoms with Crippen molar-refractivity contribution in [3.05, 3.63) is 11.7 Å². The third kappa shape index (κ3) is 2.65. The van der Waals surface area contributed by atoms with E-state index >= 15 is 0 Å². The lowest BCUT2D eigenvalue weighted by Crippen LogP contribution is -2.16. The highest BCUT2D eigenvalue weighted by Crippen LogP contribution is 2.29. The second-order valence-corrected chi connectivity index (χ2v) is 7.37. The Morgan fingerprint density at radius 1 is 1.47 bits per heavy atom. The van der Waals surface area contributed by atoms with Gasteiger partial charge in [0.25, 0.3) is 0 Å². The maximum Gasteiger partial charge on any atom is 0.243 e. The molecule has 8 heteroatoms. The van der Waals surface area contributed by atoms with E-state index in [-0.39, 0.29) is 29.6 Å². The fourth-order valence-electron chi connectivity index (χ4n) is 2.62. The average molecular weight is 287 g/mol. The zero-order valence-electron chi connectivity index (χ0n) is 10.7. The van der Waals surface area contributed by atoms with Crippen LogP contribution in [0.25, 0.3) is 0 Å². The largest absolute Gasteiger partial charge is 0.380 e. The molecule has 0 amide bonds. The molecule has 7 nitrogen and oxygen atoms in total. The van der Waals surface area contributed by atoms with Crippen molar-refractivity contribution in [2.24, 2.45) is 0 Å². The predicted octanol–water partition coefficient (Wildman–Crippen LogP) is 0.0211. The second kappa shape index (κ2) is 4.84. The molecule has 0 aromatic carbocycles. The molecule has 1 unspecified atom stereocenters. The lowest BCUT2D eigenvalue weighted by Gasteiger charge is -2.04. The predicted molar refractivity (Wildman–Crippen MR) is 66.5 cm³/mol. The molecule has 1 aromatic heterocycles. The lowest BCUT2D eigenvalue weighted by molar-refractivity contribution is 0.116. The minimum atomic E-state index is -2.92. The number of nitrogens with one attached hydrogen (secondary N) is 1. The highest BCUT2D eigenvalue weighted by molar-refractivity contribution is 7.91. The van der Waals surface area contributed by atoms with E-state index in [1.165, 1.54) is 0 Å². The summed E-state index contributed by atoms with van der Waals surface area (Å²) >= 11 is 0. The van der Waals surface area contributed by atoms with Crippen LogP contribution in [0.3, 0.4) is 0 Å². The van der Waals surface area contributed by atoms with Crippen molar-refractivity contribution in [2.75, 3.05) is 25.2 Å². The minimum absolute atomic E-state index is 0.00390. The SMILES string of the molecule is CO[C@@H]1CN[C@@H](c2nc(C3CCS(=O)(=O)C3)no2)C1. The van der Waals surface area contributed by atoms with Gasteiger partial charge in [-0.25, -0.2) is 8.42 Å². The molecular weight excluding hydrogens is 270 g/mol. The number of hydrogen-bond donors (Lipinski definition) is 1. The van der Waals surface area contributed by atoms with Crippen molar-refractivity contribution >= 4 is 9.84 Å². The molecular formula is C11H17N3O4S. The number of ether oxygens (including phenoxy) is 1. The van der Waals surface area contributed by atoms with Crippen molar-refractivity contribution in [3.63, 3.8) is 0 Å². The van der Waals surface area contributed by atoms with Crippen LogP contribution in [0.2, 0.25) is 0 Å². The molecule has 2 aliphatic rings. The summed E-state index contributed by atoms with van der Waals surface area (Å²) in [5.74, 6) is 1.26. The number of rotatable bonds is 3. The first-order chi connectivity index (χ1) is 9.07. The van der Waals surface area contributed by atoms with Crippen molar-refractivity contribution in [1.82, 2.24) is 15.5 Å². The molecule has 1 N–H and O–H groups in total. The topological polar surface area (TPSA) is 94.3 Å². The first-order valence-corrected chi connectivity index (χ1v) is 8.19. The van der Waals surface area contributed by atoms with Gasteiger partial charge in [-0.15, -0.1) is 0 Å². The number of aromatic nitrogens is 2. The van der Waals surface area contributed by atoms with E-state index in [0.29, 0.717) is 18.1 Å². The van der Waals surface area contributed by atoms with Gasteiger partial charge in [-0.2, -0.15) is 4.98 Å². The Kier molecular flexibility index (Phi) is 3.32. The third-order valence-corrected chi connectivity index (χ3v) is 5.54. The Balaban J connectivity index is 1.70. The van der Waals surface area contributed by atoms with Crippen LogP contribution in [0, 0.1) is 0 Å². The van der Waals surface area contributed by atoms with Gasteiger partial charge in [0.1, 0.15) is 0 Å². The zero-order chi connectivity index (χ0) is 13.5. The number of methoxy groups -OCH3 is 1. The molecule has 0 spiro atoms. The monoisotopic (exact) mass is 287 g/mol. The molecule has 3 rings (SSSR count). The molecule has 3 heterocycles. The van der Waals surface area contributed by atoms with Crippen LogP contribution in [-0.2, 0) is 14.6 Å². The molecule has 0 bridgehead atoms. The fourth-order valence-corrected chi connectivity index (χ4v) is 4.36. The number of hydrogen-bond acceptors (Lipinski definition) is 7. The molecule has 3 atom stereocenters. The smallest absolute Gasteiger partial charge is 0.243 e. The summed E-state index contributed by atoms with van der Waals surface area (Å²) < 4.78 is 33.4. The van der Waals surface area contributed by atoms with E-state index in [1.807, 2.05) is 0 Å². The Morgan fingerprint density at radius 3 is 2.95 bits per heavy atom. The van der Waals surface area contributed by atoms with Gasteiger partial charge in [0.2, 0.25) is 5.89 Å². The highest BCUT2D eigenvalue weighted by atomic mass is 32.2. The van der Waals surface area contributed by atoms with Crippen LogP contribution in [-0.4, -0.2) is 49.8 Å². The van der Waals surface area contributed by atoms with Crippen molar-refractivity contribution in [1.29, 1.82) is 0 Å². The summed E-state index contributed by atoms with van der Waals surface area (Å²) in [6.45, 7) is 0.761. The molecule has 1 aromatic rings. The quantitative estimate of drug-likeness (QED) is 0.837. The molecule has 2 saturated heterocycles. The third-order valence-electron chi connectivity index (χ3n) is 3.78. The molecule has 0 radical (unpaired) electrons. The Bertz CT molecular complexity index is 556. The van der Waals surface area contributed by atoms with Crippen LogP contribution < -0.4 is 5.32 Å². The number of sulfone groups is 1. The maximum atomic E-state index is 11.4. The molecule has 2 aliphatic heterocycles. The van der Waals surface area contributed by atoms with E-state index in [9.17, 15) is 8.42 Å². The summed E-state index contributed by atoms with van der Waals surface area (Å²) in [5, 5.41) is 7.18. The zero-order valence-corrected chi connectivity index (χ0v) is 11.5. The van der Waals surface area contributed by atoms with E-state index in [2.05, 4.69) is 15.5 Å². The van der Waals surface area contributed by atoms with E-state index in [0.717, 1.165) is 13.0 Å². The molecule has 106 valence electrons. The Morgan fingerprint density at radius 2 is 2.32 bits per heavy atom. The first kappa shape index (κ1) is 13.0. The number of nitrogens with zero attached hydrogens (tertiary/aromatic N) is 2. The van der Waals surface area contributed by atoms with Gasteiger partial charge in [-0.3, -0.25) is 0 Å². The van der Waals surface area contributed by atoms with Crippen molar-refractivity contribution in [2.45, 2.75) is 30.9 Å². The van der Waals surface area contributed by atoms with Gasteiger partial charge >= 0.3 is 0 Å². The molecule has 19 heavy (non-hydrogen) atoms. The van der Waals surface area contributed by atoms with E-state index in [1.54, 1.807) is 7.11 Å². The van der Waals surface area contributed by atoms with E-state index in [4.69, 9.17) is 9.26 Å². The van der Waals surface area contributed by atoms with Crippen LogP contribution in [0.5, 0.6) is 0 Å². The second-order valence-electron chi connectivity index (χ2n) is 5.15. The summed E-state index contributed by atoms with van der Waals surface area (Å²) in [6.07, 6.45) is 1.54. The lowest BCUT2D eigenvalue weighted by atomic mass is 10.1. The van der Waals surface area contributed by atoms with Crippen LogP contribution in [0.1, 0.15) is 36.5 Å². The van der Waals surface area contributed by atoms with Gasteiger partial charge < -0.3 is 14.6 Å². The average Bonchev–Trinajstić information content (AvgIpc) is 3.05. The van der Waals surface area contributed by atoms with Gasteiger partial charge in [-0.05, 0) is 12.8 Å². The Hall–Kier alpha value is -0.990. The van der Waals surface area contributed by atoms with Crippen molar-refractivity contribution < 1.29 is 17.7 Å². The standard InChI is InChI=1S/C11H17N3O4S/c1-17-8-4-9(12-5-8)11-13-10(14-18-11)7-2-3-19(15,16)6-7/h7-9,12H,2-6H2,1H3/t7?,8-,9+/m0/s1. The van der Waals surface area contributed by atoms with Gasteiger partial charge in [0.05, 0.1) is 23.7 Å². The summed E-state index contributed by atoms with van der Waals surface area (Å²) in [5.41, 5.74) is 0. The minimum Gasteiger partial charge on any atom is -0.380 e. The van der Waals surface area contributed by atoms with Crippen LogP contribution in [0.15, 0.2) is 4.52 Å². The normalized spacial score (nSPS) is 33.8. The summed E-state index contributed by atoms with van der Waals surface area (Å²) in [6, 6.07) is 0.00390. The maximum absolute atomic E-state index is 11.4. The summed E-state index contributed by atoms with van der Waals surface area (Å²) in [4.78, 5) is 4.35.